The molecule has 11 heteroatoms. The van der Waals surface area contributed by atoms with E-state index in [0.29, 0.717) is 11.1 Å². The van der Waals surface area contributed by atoms with E-state index in [1.54, 1.807) is 24.3 Å². The maximum absolute atomic E-state index is 11.0. The summed E-state index contributed by atoms with van der Waals surface area (Å²) in [6.45, 7) is 0. The number of nitro benzene ring substituents is 2. The van der Waals surface area contributed by atoms with E-state index in [4.69, 9.17) is 34.8 Å². The lowest BCUT2D eigenvalue weighted by atomic mass is 10.2. The van der Waals surface area contributed by atoms with Gasteiger partial charge in [0.25, 0.3) is 5.69 Å². The number of halogens is 3. The van der Waals surface area contributed by atoms with Crippen LogP contribution in [0.5, 0.6) is 0 Å². The fraction of sp³-hybridized carbons (Fsp3) is 0.0714. The van der Waals surface area contributed by atoms with Crippen LogP contribution in [0.1, 0.15) is 11.1 Å². The van der Waals surface area contributed by atoms with Crippen LogP contribution < -0.4 is 5.43 Å². The van der Waals surface area contributed by atoms with Crippen molar-refractivity contribution in [2.24, 2.45) is 5.10 Å². The van der Waals surface area contributed by atoms with Gasteiger partial charge in [0.2, 0.25) is 3.79 Å². The number of hydrogen-bond acceptors (Lipinski definition) is 6. The van der Waals surface area contributed by atoms with E-state index in [1.165, 1.54) is 12.3 Å². The normalized spacial score (nSPS) is 11.5. The Balaban J connectivity index is 2.16. The summed E-state index contributed by atoms with van der Waals surface area (Å²) in [6, 6.07) is 9.69. The maximum atomic E-state index is 11.0. The lowest BCUT2D eigenvalue weighted by Crippen LogP contribution is -2.00. The molecule has 0 heterocycles. The van der Waals surface area contributed by atoms with Gasteiger partial charge in [-0.1, -0.05) is 59.1 Å². The fourth-order valence-corrected chi connectivity index (χ4v) is 2.19. The molecule has 2 aromatic rings. The molecule has 25 heavy (non-hydrogen) atoms. The highest BCUT2D eigenvalue weighted by Crippen LogP contribution is 2.37. The van der Waals surface area contributed by atoms with Crippen LogP contribution in [0.3, 0.4) is 0 Å². The second kappa shape index (κ2) is 7.64. The highest BCUT2D eigenvalue weighted by molar-refractivity contribution is 6.66. The lowest BCUT2D eigenvalue weighted by Gasteiger charge is -2.10. The largest absolute Gasteiger partial charge is 0.301 e. The number of non-ortho nitro benzene ring substituents is 1. The summed E-state index contributed by atoms with van der Waals surface area (Å²) in [5, 5.41) is 25.6. The van der Waals surface area contributed by atoms with Crippen LogP contribution >= 0.6 is 34.8 Å². The molecule has 0 spiro atoms. The van der Waals surface area contributed by atoms with Crippen LogP contribution in [-0.2, 0) is 3.79 Å². The molecule has 1 N–H and O–H groups in total. The SMILES string of the molecule is O=[N+]([O-])c1ccc(N/N=C/c2ccc(C(Cl)(Cl)Cl)cc2)c([N+](=O)[O-])c1. The summed E-state index contributed by atoms with van der Waals surface area (Å²) in [4.78, 5) is 20.3. The monoisotopic (exact) mass is 402 g/mol. The molecule has 0 aromatic heterocycles. The van der Waals surface area contributed by atoms with Crippen molar-refractivity contribution < 1.29 is 9.85 Å². The third-order valence-corrected chi connectivity index (χ3v) is 3.68. The predicted octanol–water partition coefficient (Wildman–Crippen LogP) is 4.78. The number of nitrogens with zero attached hydrogens (tertiary/aromatic N) is 3. The van der Waals surface area contributed by atoms with Crippen molar-refractivity contribution in [2.45, 2.75) is 3.79 Å². The third-order valence-electron chi connectivity index (χ3n) is 3.03. The second-order valence-electron chi connectivity index (χ2n) is 4.71. The minimum absolute atomic E-state index is 0.0183. The molecule has 0 saturated carbocycles. The Bertz CT molecular complexity index is 835. The molecule has 0 aliphatic carbocycles. The van der Waals surface area contributed by atoms with Gasteiger partial charge < -0.3 is 0 Å². The van der Waals surface area contributed by atoms with E-state index >= 15 is 0 Å². The summed E-state index contributed by atoms with van der Waals surface area (Å²) in [7, 11) is 0. The summed E-state index contributed by atoms with van der Waals surface area (Å²) in [5.74, 6) is 0. The summed E-state index contributed by atoms with van der Waals surface area (Å²) in [6.07, 6.45) is 1.40. The number of benzene rings is 2. The van der Waals surface area contributed by atoms with Gasteiger partial charge in [0, 0.05) is 11.6 Å². The van der Waals surface area contributed by atoms with Crippen LogP contribution in [0, 0.1) is 20.2 Å². The topological polar surface area (TPSA) is 111 Å². The van der Waals surface area contributed by atoms with Crippen molar-refractivity contribution in [3.8, 4) is 0 Å². The van der Waals surface area contributed by atoms with Gasteiger partial charge in [0.1, 0.15) is 5.69 Å². The smallest absolute Gasteiger partial charge is 0.272 e. The molecule has 0 saturated heterocycles. The van der Waals surface area contributed by atoms with Gasteiger partial charge in [-0.3, -0.25) is 25.7 Å². The van der Waals surface area contributed by atoms with Crippen molar-refractivity contribution in [1.82, 2.24) is 0 Å². The Kier molecular flexibility index (Phi) is 5.78. The third kappa shape index (κ3) is 5.02. The van der Waals surface area contributed by atoms with Crippen LogP contribution in [0.15, 0.2) is 47.6 Å². The molecule has 0 bridgehead atoms. The molecular formula is C14H9Cl3N4O4. The zero-order chi connectivity index (χ0) is 18.6. The van der Waals surface area contributed by atoms with E-state index in [9.17, 15) is 20.2 Å². The van der Waals surface area contributed by atoms with Gasteiger partial charge in [-0.2, -0.15) is 5.10 Å². The number of alkyl halides is 3. The average molecular weight is 404 g/mol. The second-order valence-corrected chi connectivity index (χ2v) is 6.99. The Morgan fingerprint density at radius 1 is 1.00 bits per heavy atom. The van der Waals surface area contributed by atoms with Gasteiger partial charge in [-0.15, -0.1) is 0 Å². The van der Waals surface area contributed by atoms with Crippen LogP contribution in [0.4, 0.5) is 17.1 Å². The zero-order valence-electron chi connectivity index (χ0n) is 12.2. The Labute approximate surface area is 156 Å². The van der Waals surface area contributed by atoms with E-state index in [1.807, 2.05) is 0 Å². The van der Waals surface area contributed by atoms with Gasteiger partial charge in [-0.25, -0.2) is 0 Å². The van der Waals surface area contributed by atoms with Gasteiger partial charge in [0.05, 0.1) is 22.1 Å². The first kappa shape index (κ1) is 18.9. The fourth-order valence-electron chi connectivity index (χ4n) is 1.81. The van der Waals surface area contributed by atoms with Gasteiger partial charge >= 0.3 is 5.69 Å². The number of nitro groups is 2. The van der Waals surface area contributed by atoms with E-state index in [2.05, 4.69) is 10.5 Å². The van der Waals surface area contributed by atoms with Crippen molar-refractivity contribution in [3.05, 3.63) is 73.8 Å². The number of hydrazone groups is 1. The molecule has 0 amide bonds. The van der Waals surface area contributed by atoms with Crippen LogP contribution in [0.25, 0.3) is 0 Å². The minimum Gasteiger partial charge on any atom is -0.272 e. The molecule has 0 atom stereocenters. The Morgan fingerprint density at radius 3 is 2.16 bits per heavy atom. The highest BCUT2D eigenvalue weighted by Gasteiger charge is 2.22. The predicted molar refractivity (Wildman–Crippen MR) is 96.6 cm³/mol. The standard InChI is InChI=1S/C14H9Cl3N4O4/c15-14(16,17)10-3-1-9(2-4-10)8-18-19-12-6-5-11(20(22)23)7-13(12)21(24)25/h1-8,19H/b18-8+. The number of anilines is 1. The molecule has 0 aliphatic rings. The number of nitrogens with one attached hydrogen (secondary N) is 1. The first-order chi connectivity index (χ1) is 11.7. The van der Waals surface area contributed by atoms with Crippen molar-refractivity contribution >= 4 is 58.1 Å². The molecule has 2 aromatic carbocycles. The number of rotatable bonds is 5. The molecule has 8 nitrogen and oxygen atoms in total. The molecule has 130 valence electrons. The summed E-state index contributed by atoms with van der Waals surface area (Å²) < 4.78 is -1.53. The lowest BCUT2D eigenvalue weighted by molar-refractivity contribution is -0.393. The van der Waals surface area contributed by atoms with Gasteiger partial charge in [-0.05, 0) is 11.6 Å². The molecule has 0 radical (unpaired) electrons. The Hall–Kier alpha value is -2.42. The molecule has 0 aliphatic heterocycles. The quantitative estimate of drug-likeness (QED) is 0.334. The highest BCUT2D eigenvalue weighted by atomic mass is 35.6. The summed E-state index contributed by atoms with van der Waals surface area (Å²) >= 11 is 17.3. The maximum Gasteiger partial charge on any atom is 0.301 e. The number of hydrogen-bond donors (Lipinski definition) is 1. The van der Waals surface area contributed by atoms with Gasteiger partial charge in [0.15, 0.2) is 0 Å². The molecular weight excluding hydrogens is 395 g/mol. The van der Waals surface area contributed by atoms with Crippen molar-refractivity contribution in [3.63, 3.8) is 0 Å². The van der Waals surface area contributed by atoms with E-state index in [0.717, 1.165) is 12.1 Å². The first-order valence-electron chi connectivity index (χ1n) is 6.57. The van der Waals surface area contributed by atoms with E-state index < -0.39 is 19.3 Å². The molecule has 0 unspecified atom stereocenters. The molecule has 0 fully saturated rings. The van der Waals surface area contributed by atoms with Crippen LogP contribution in [-0.4, -0.2) is 16.1 Å². The Morgan fingerprint density at radius 2 is 1.64 bits per heavy atom. The molecule has 2 rings (SSSR count). The van der Waals surface area contributed by atoms with E-state index in [-0.39, 0.29) is 11.4 Å². The summed E-state index contributed by atoms with van der Waals surface area (Å²) in [5.41, 5.74) is 2.78. The first-order valence-corrected chi connectivity index (χ1v) is 7.71. The van der Waals surface area contributed by atoms with Crippen LogP contribution in [0.2, 0.25) is 0 Å². The van der Waals surface area contributed by atoms with Crippen molar-refractivity contribution in [1.29, 1.82) is 0 Å². The zero-order valence-corrected chi connectivity index (χ0v) is 14.5. The van der Waals surface area contributed by atoms with Crippen molar-refractivity contribution in [2.75, 3.05) is 5.43 Å². The minimum atomic E-state index is -1.53. The average Bonchev–Trinajstić information content (AvgIpc) is 2.54.